The summed E-state index contributed by atoms with van der Waals surface area (Å²) in [7, 11) is 1.75. The van der Waals surface area contributed by atoms with Gasteiger partial charge >= 0.3 is 0 Å². The maximum absolute atomic E-state index is 12.7. The number of aliphatic imine (C=N–C) groups is 1. The van der Waals surface area contributed by atoms with E-state index in [9.17, 15) is 4.39 Å². The molecule has 0 saturated carbocycles. The van der Waals surface area contributed by atoms with Crippen LogP contribution in [-0.2, 0) is 13.2 Å². The first-order chi connectivity index (χ1) is 11.9. The normalized spacial score (nSPS) is 12.3. The summed E-state index contributed by atoms with van der Waals surface area (Å²) in [6.45, 7) is 11.7. The number of allylic oxidation sites excluding steroid dienone is 1. The van der Waals surface area contributed by atoms with Gasteiger partial charge in [-0.2, -0.15) is 5.10 Å². The maximum Gasteiger partial charge on any atom is 0.131 e. The van der Waals surface area contributed by atoms with Crippen molar-refractivity contribution in [2.24, 2.45) is 15.8 Å². The number of alkyl halides is 1. The van der Waals surface area contributed by atoms with Crippen molar-refractivity contribution in [3.05, 3.63) is 65.4 Å². The van der Waals surface area contributed by atoms with Crippen molar-refractivity contribution in [2.75, 3.05) is 7.05 Å². The summed E-state index contributed by atoms with van der Waals surface area (Å²) in [5, 5.41) is 8.82. The van der Waals surface area contributed by atoms with Crippen LogP contribution in [-0.4, -0.2) is 29.6 Å². The van der Waals surface area contributed by atoms with E-state index in [1.165, 1.54) is 6.34 Å². The van der Waals surface area contributed by atoms with E-state index in [-0.39, 0.29) is 0 Å². The number of hydrogen-bond acceptors (Lipinski definition) is 5. The average molecular weight is 344 g/mol. The number of aromatic nitrogens is 1. The topological polar surface area (TPSA) is 78.9 Å². The highest BCUT2D eigenvalue weighted by Gasteiger charge is 2.14. The second-order valence-electron chi connectivity index (χ2n) is 5.21. The molecule has 0 atom stereocenters. The number of likely N-dealkylation sites (N-methyl/N-ethyl adjacent to an activating group) is 1. The van der Waals surface area contributed by atoms with Gasteiger partial charge in [0.2, 0.25) is 0 Å². The lowest BCUT2D eigenvalue weighted by molar-refractivity contribution is 0.450. The lowest BCUT2D eigenvalue weighted by Gasteiger charge is -2.22. The smallest absolute Gasteiger partial charge is 0.131 e. The summed E-state index contributed by atoms with van der Waals surface area (Å²) in [4.78, 5) is 8.23. The zero-order chi connectivity index (χ0) is 18.8. The molecule has 0 aliphatic carbocycles. The van der Waals surface area contributed by atoms with Gasteiger partial charge in [-0.3, -0.25) is 15.0 Å². The van der Waals surface area contributed by atoms with Crippen LogP contribution in [0.3, 0.4) is 0 Å². The van der Waals surface area contributed by atoms with Gasteiger partial charge in [-0.1, -0.05) is 13.2 Å². The monoisotopic (exact) mass is 344 g/mol. The Bertz CT molecular complexity index is 705. The molecular formula is C18H25FN6. The highest BCUT2D eigenvalue weighted by atomic mass is 19.1. The second kappa shape index (κ2) is 10.0. The third kappa shape index (κ3) is 5.87. The molecule has 0 radical (unpaired) electrons. The predicted molar refractivity (Wildman–Crippen MR) is 101 cm³/mol. The minimum atomic E-state index is -0.593. The van der Waals surface area contributed by atoms with Crippen LogP contribution < -0.4 is 11.1 Å². The zero-order valence-corrected chi connectivity index (χ0v) is 15.0. The minimum Gasteiger partial charge on any atom is -0.388 e. The first-order valence-corrected chi connectivity index (χ1v) is 7.74. The Kier molecular flexibility index (Phi) is 8.05. The Hall–Kier alpha value is -2.96. The molecule has 0 spiro atoms. The lowest BCUT2D eigenvalue weighted by atomic mass is 10.1. The fourth-order valence-corrected chi connectivity index (χ4v) is 2.23. The molecule has 0 unspecified atom stereocenters. The summed E-state index contributed by atoms with van der Waals surface area (Å²) in [5.41, 5.74) is 9.35. The van der Waals surface area contributed by atoms with E-state index >= 15 is 0 Å². The molecule has 1 heterocycles. The molecule has 3 N–H and O–H groups in total. The van der Waals surface area contributed by atoms with Crippen LogP contribution in [0, 0.1) is 0 Å². The number of nitrogens with one attached hydrogen (secondary N) is 1. The molecule has 1 rings (SSSR count). The number of nitrogens with two attached hydrogens (primary N) is 1. The molecule has 7 heteroatoms. The molecule has 1 aromatic rings. The molecular weight excluding hydrogens is 319 g/mol. The first kappa shape index (κ1) is 20.1. The number of hydrazone groups is 1. The third-order valence-corrected chi connectivity index (χ3v) is 3.40. The van der Waals surface area contributed by atoms with E-state index < -0.39 is 6.67 Å². The second-order valence-corrected chi connectivity index (χ2v) is 5.21. The molecule has 134 valence electrons. The Morgan fingerprint density at radius 1 is 1.48 bits per heavy atom. The van der Waals surface area contributed by atoms with E-state index in [1.807, 2.05) is 19.9 Å². The van der Waals surface area contributed by atoms with Gasteiger partial charge in [0.15, 0.2) is 0 Å². The van der Waals surface area contributed by atoms with Gasteiger partial charge in [-0.25, -0.2) is 4.39 Å². The third-order valence-electron chi connectivity index (χ3n) is 3.40. The molecule has 0 aliphatic heterocycles. The Labute approximate surface area is 148 Å². The van der Waals surface area contributed by atoms with Gasteiger partial charge in [0.05, 0.1) is 17.1 Å². The number of rotatable bonds is 9. The van der Waals surface area contributed by atoms with Crippen molar-refractivity contribution in [1.29, 1.82) is 0 Å². The van der Waals surface area contributed by atoms with Crippen LogP contribution in [0.5, 0.6) is 0 Å². The molecule has 0 fully saturated rings. The van der Waals surface area contributed by atoms with Crippen molar-refractivity contribution in [2.45, 2.75) is 27.1 Å². The van der Waals surface area contributed by atoms with Crippen LogP contribution in [0.4, 0.5) is 4.39 Å². The number of nitrogens with zero attached hydrogens (tertiary/aromatic N) is 4. The summed E-state index contributed by atoms with van der Waals surface area (Å²) >= 11 is 0. The van der Waals surface area contributed by atoms with Crippen molar-refractivity contribution in [3.63, 3.8) is 0 Å². The maximum atomic E-state index is 12.7. The Morgan fingerprint density at radius 3 is 2.80 bits per heavy atom. The van der Waals surface area contributed by atoms with E-state index in [0.717, 1.165) is 11.3 Å². The van der Waals surface area contributed by atoms with Gasteiger partial charge in [0, 0.05) is 37.3 Å². The standard InChI is InChI=1S/C18H25FN6/c1-6-21-15(4)18(25(5)24-12-20)13(2)14(3)23-11-16-7-8-22-17(9-16)10-19/h6-9,12,23H,2-3,10-11H2,1,4-5H3,(H2,20,24)/b18-15+,21-6?. The molecule has 6 nitrogen and oxygen atoms in total. The van der Waals surface area contributed by atoms with Gasteiger partial charge in [-0.05, 0) is 31.5 Å². The number of pyridine rings is 1. The van der Waals surface area contributed by atoms with Crippen molar-refractivity contribution in [3.8, 4) is 0 Å². The van der Waals surface area contributed by atoms with Gasteiger partial charge < -0.3 is 11.1 Å². The highest BCUT2D eigenvalue weighted by molar-refractivity contribution is 5.57. The minimum absolute atomic E-state index is 0.398. The predicted octanol–water partition coefficient (Wildman–Crippen LogP) is 2.87. The summed E-state index contributed by atoms with van der Waals surface area (Å²) in [6.07, 6.45) is 4.47. The van der Waals surface area contributed by atoms with Crippen LogP contribution in [0.1, 0.15) is 25.1 Å². The summed E-state index contributed by atoms with van der Waals surface area (Å²) < 4.78 is 12.7. The molecule has 0 aromatic carbocycles. The Morgan fingerprint density at radius 2 is 2.20 bits per heavy atom. The zero-order valence-electron chi connectivity index (χ0n) is 15.0. The fraction of sp³-hybridized carbons (Fsp3) is 0.278. The van der Waals surface area contributed by atoms with Gasteiger partial charge in [0.25, 0.3) is 0 Å². The quantitative estimate of drug-likeness (QED) is 0.312. The van der Waals surface area contributed by atoms with Gasteiger partial charge in [0.1, 0.15) is 13.0 Å². The molecule has 0 amide bonds. The molecule has 0 bridgehead atoms. The summed E-state index contributed by atoms with van der Waals surface area (Å²) in [5.74, 6) is 0. The number of hydrogen-bond donors (Lipinski definition) is 2. The lowest BCUT2D eigenvalue weighted by Crippen LogP contribution is -2.21. The number of halogens is 1. The van der Waals surface area contributed by atoms with Crippen LogP contribution in [0.15, 0.2) is 64.2 Å². The van der Waals surface area contributed by atoms with Crippen LogP contribution in [0.25, 0.3) is 0 Å². The van der Waals surface area contributed by atoms with Crippen molar-refractivity contribution >= 4 is 12.6 Å². The van der Waals surface area contributed by atoms with Gasteiger partial charge in [-0.15, -0.1) is 0 Å². The SMILES string of the molecule is C=C(NCc1ccnc(CF)c1)C(=C)/C(=C(/C)N=CC)N(C)/N=C/N. The highest BCUT2D eigenvalue weighted by Crippen LogP contribution is 2.22. The van der Waals surface area contributed by atoms with E-state index in [4.69, 9.17) is 5.73 Å². The summed E-state index contributed by atoms with van der Waals surface area (Å²) in [6, 6.07) is 3.52. The first-order valence-electron chi connectivity index (χ1n) is 7.74. The fourth-order valence-electron chi connectivity index (χ4n) is 2.23. The van der Waals surface area contributed by atoms with E-state index in [2.05, 4.69) is 33.6 Å². The molecule has 0 saturated heterocycles. The Balaban J connectivity index is 2.93. The van der Waals surface area contributed by atoms with Crippen LogP contribution >= 0.6 is 0 Å². The largest absolute Gasteiger partial charge is 0.388 e. The average Bonchev–Trinajstić information content (AvgIpc) is 2.60. The van der Waals surface area contributed by atoms with Crippen LogP contribution in [0.2, 0.25) is 0 Å². The molecule has 0 aliphatic rings. The molecule has 25 heavy (non-hydrogen) atoms. The molecule has 1 aromatic heterocycles. The van der Waals surface area contributed by atoms with Crippen molar-refractivity contribution in [1.82, 2.24) is 15.3 Å². The van der Waals surface area contributed by atoms with E-state index in [1.54, 1.807) is 30.5 Å². The van der Waals surface area contributed by atoms with E-state index in [0.29, 0.717) is 29.2 Å². The van der Waals surface area contributed by atoms with Crippen molar-refractivity contribution < 1.29 is 4.39 Å².